The predicted molar refractivity (Wildman–Crippen MR) is 37.9 cm³/mol. The predicted octanol–water partition coefficient (Wildman–Crippen LogP) is -3.00. The van der Waals surface area contributed by atoms with E-state index in [2.05, 4.69) is 4.28 Å². The Balaban J connectivity index is 0. The zero-order valence-corrected chi connectivity index (χ0v) is 5.48. The van der Waals surface area contributed by atoms with Gasteiger partial charge < -0.3 is 0 Å². The molecule has 1 unspecified atom stereocenters. The Labute approximate surface area is 64.1 Å². The van der Waals surface area contributed by atoms with E-state index in [1.807, 2.05) is 0 Å². The second kappa shape index (κ2) is 4.89. The van der Waals surface area contributed by atoms with Crippen molar-refractivity contribution in [1.82, 2.24) is 4.89 Å². The fourth-order valence-electron chi connectivity index (χ4n) is 0.0721. The molecule has 10 heteroatoms. The van der Waals surface area contributed by atoms with Gasteiger partial charge in [-0.05, 0) is 11.0 Å². The second-order valence-electron chi connectivity index (χ2n) is 0.859. The van der Waals surface area contributed by atoms with E-state index >= 15 is 0 Å². The molecule has 0 spiro atoms. The summed E-state index contributed by atoms with van der Waals surface area (Å²) in [6, 6.07) is 0. The molecule has 0 saturated heterocycles. The highest BCUT2D eigenvalue weighted by atomic mass is 32.2. The fourth-order valence-corrected chi connectivity index (χ4v) is 0.649. The fraction of sp³-hybridized carbons (Fsp3) is 0. The van der Waals surface area contributed by atoms with Gasteiger partial charge in [-0.2, -0.15) is 16.9 Å². The first-order valence-corrected chi connectivity index (χ1v) is 3.91. The standard InChI is InChI=1S/H3NO6S2.H4Si/c2-8(3)7-1-9(4,5)6;/h1H,(H,2,3)(H,4,5,6);1H4. The molecular formula is H7NO6S2Si. The van der Waals surface area contributed by atoms with Crippen LogP contribution in [-0.2, 0) is 25.9 Å². The van der Waals surface area contributed by atoms with Gasteiger partial charge in [-0.15, -0.1) is 0 Å². The summed E-state index contributed by atoms with van der Waals surface area (Å²) in [5.41, 5.74) is 0. The van der Waals surface area contributed by atoms with Crippen LogP contribution in [-0.4, -0.2) is 32.7 Å². The lowest BCUT2D eigenvalue weighted by molar-refractivity contribution is 0.249. The van der Waals surface area contributed by atoms with Gasteiger partial charge in [0.2, 0.25) is 0 Å². The smallest absolute Gasteiger partial charge is 0.283 e. The van der Waals surface area contributed by atoms with Crippen LogP contribution >= 0.6 is 0 Å². The van der Waals surface area contributed by atoms with Gasteiger partial charge in [-0.25, -0.2) is 0 Å². The van der Waals surface area contributed by atoms with Crippen molar-refractivity contribution < 1.29 is 26.0 Å². The molecule has 0 aromatic carbocycles. The number of hydrogen-bond donors (Lipinski definition) is 3. The molecule has 0 aliphatic heterocycles. The molecule has 7 nitrogen and oxygen atoms in total. The molecule has 64 valence electrons. The number of hydrogen-bond acceptors (Lipinski definition) is 4. The van der Waals surface area contributed by atoms with Crippen molar-refractivity contribution >= 4 is 32.6 Å². The van der Waals surface area contributed by atoms with Crippen LogP contribution in [0.25, 0.3) is 0 Å². The second-order valence-corrected chi connectivity index (χ2v) is 2.58. The van der Waals surface area contributed by atoms with Crippen LogP contribution in [0, 0.1) is 0 Å². The summed E-state index contributed by atoms with van der Waals surface area (Å²) >= 11 is -2.76. The Hall–Kier alpha value is 0.157. The first kappa shape index (κ1) is 12.8. The van der Waals surface area contributed by atoms with Crippen molar-refractivity contribution in [2.45, 2.75) is 0 Å². The van der Waals surface area contributed by atoms with Crippen molar-refractivity contribution in [1.29, 1.82) is 0 Å². The zero-order valence-electron chi connectivity index (χ0n) is 3.84. The average molecular weight is 209 g/mol. The van der Waals surface area contributed by atoms with Crippen LogP contribution in [0.2, 0.25) is 0 Å². The van der Waals surface area contributed by atoms with Crippen molar-refractivity contribution in [2.75, 3.05) is 0 Å². The summed E-state index contributed by atoms with van der Waals surface area (Å²) < 4.78 is 47.5. The van der Waals surface area contributed by atoms with Gasteiger partial charge in [0, 0.05) is 0 Å². The zero-order chi connectivity index (χ0) is 7.49. The molecule has 0 fully saturated rings. The molecule has 0 aromatic heterocycles. The van der Waals surface area contributed by atoms with E-state index in [1.54, 1.807) is 0 Å². The third kappa shape index (κ3) is 11.0. The highest BCUT2D eigenvalue weighted by Gasteiger charge is 2.03. The third-order valence-corrected chi connectivity index (χ3v) is 0.836. The normalized spacial score (nSPS) is 13.8. The molecule has 0 aliphatic rings. The Morgan fingerprint density at radius 2 is 1.90 bits per heavy atom. The lowest BCUT2D eigenvalue weighted by Crippen LogP contribution is -2.23. The highest BCUT2D eigenvalue weighted by Crippen LogP contribution is 1.76. The van der Waals surface area contributed by atoms with Crippen LogP contribution < -0.4 is 4.89 Å². The average Bonchev–Trinajstić information content (AvgIpc) is 1.59. The van der Waals surface area contributed by atoms with Crippen LogP contribution in [0.5, 0.6) is 0 Å². The maximum Gasteiger partial charge on any atom is 0.356 e. The summed E-state index contributed by atoms with van der Waals surface area (Å²) in [4.78, 5) is 0.899. The largest absolute Gasteiger partial charge is 0.356 e. The monoisotopic (exact) mass is 209 g/mol. The Bertz CT molecular complexity index is 194. The third-order valence-electron chi connectivity index (χ3n) is 0.211. The van der Waals surface area contributed by atoms with Gasteiger partial charge in [-0.3, -0.25) is 9.11 Å². The molecular weight excluding hydrogens is 202 g/mol. The molecule has 0 amide bonds. The number of nitrogens with one attached hydrogen (secondary N) is 1. The summed E-state index contributed by atoms with van der Waals surface area (Å²) in [7, 11) is -4.54. The molecule has 0 radical (unpaired) electrons. The van der Waals surface area contributed by atoms with Crippen molar-refractivity contribution in [3.8, 4) is 0 Å². The summed E-state index contributed by atoms with van der Waals surface area (Å²) in [6.07, 6.45) is 0. The van der Waals surface area contributed by atoms with E-state index < -0.39 is 21.7 Å². The molecule has 0 heterocycles. The molecule has 0 rings (SSSR count). The Morgan fingerprint density at radius 1 is 1.50 bits per heavy atom. The van der Waals surface area contributed by atoms with Crippen LogP contribution in [0.15, 0.2) is 0 Å². The van der Waals surface area contributed by atoms with Gasteiger partial charge in [0.15, 0.2) is 0 Å². The van der Waals surface area contributed by atoms with Gasteiger partial charge >= 0.3 is 21.7 Å². The van der Waals surface area contributed by atoms with Gasteiger partial charge in [-0.1, -0.05) is 4.89 Å². The molecule has 0 bridgehead atoms. The van der Waals surface area contributed by atoms with Crippen LogP contribution in [0.3, 0.4) is 0 Å². The van der Waals surface area contributed by atoms with Crippen LogP contribution in [0.4, 0.5) is 0 Å². The lowest BCUT2D eigenvalue weighted by Gasteiger charge is -1.93. The molecule has 0 saturated carbocycles. The maximum atomic E-state index is 9.61. The molecule has 10 heavy (non-hydrogen) atoms. The van der Waals surface area contributed by atoms with E-state index in [0.29, 0.717) is 0 Å². The van der Waals surface area contributed by atoms with E-state index in [1.165, 1.54) is 0 Å². The Kier molecular flexibility index (Phi) is 6.26. The van der Waals surface area contributed by atoms with E-state index in [4.69, 9.17) is 9.11 Å². The SMILES string of the molecule is O=S(O)ONS(=O)(=O)O.[SiH4]. The number of rotatable bonds is 3. The molecule has 0 aliphatic carbocycles. The van der Waals surface area contributed by atoms with E-state index in [-0.39, 0.29) is 11.0 Å². The maximum absolute atomic E-state index is 9.61. The minimum Gasteiger partial charge on any atom is -0.283 e. The first-order chi connectivity index (χ1) is 3.92. The highest BCUT2D eigenvalue weighted by molar-refractivity contribution is 7.84. The van der Waals surface area contributed by atoms with Crippen molar-refractivity contribution in [3.63, 3.8) is 0 Å². The Morgan fingerprint density at radius 3 is 2.00 bits per heavy atom. The first-order valence-electron chi connectivity index (χ1n) is 1.44. The molecule has 1 atom stereocenters. The van der Waals surface area contributed by atoms with Gasteiger partial charge in [0.1, 0.15) is 0 Å². The molecule has 3 N–H and O–H groups in total. The van der Waals surface area contributed by atoms with E-state index in [0.717, 1.165) is 4.89 Å². The minimum atomic E-state index is -4.54. The van der Waals surface area contributed by atoms with Crippen LogP contribution in [0.1, 0.15) is 0 Å². The van der Waals surface area contributed by atoms with Crippen molar-refractivity contribution in [3.05, 3.63) is 0 Å². The summed E-state index contributed by atoms with van der Waals surface area (Å²) in [5.74, 6) is 0. The topological polar surface area (TPSA) is 113 Å². The van der Waals surface area contributed by atoms with E-state index in [9.17, 15) is 12.6 Å². The summed E-state index contributed by atoms with van der Waals surface area (Å²) in [5, 5.41) is 0. The quantitative estimate of drug-likeness (QED) is 0.197. The summed E-state index contributed by atoms with van der Waals surface area (Å²) in [6.45, 7) is 0. The lowest BCUT2D eigenvalue weighted by atomic mass is 13.5. The van der Waals surface area contributed by atoms with Gasteiger partial charge in [0.05, 0.1) is 0 Å². The minimum absolute atomic E-state index is 0. The van der Waals surface area contributed by atoms with Gasteiger partial charge in [0.25, 0.3) is 0 Å². The molecule has 0 aromatic rings. The van der Waals surface area contributed by atoms with Crippen molar-refractivity contribution in [2.24, 2.45) is 0 Å².